The lowest BCUT2D eigenvalue weighted by atomic mass is 10.1. The van der Waals surface area contributed by atoms with Crippen molar-refractivity contribution < 1.29 is 4.79 Å². The van der Waals surface area contributed by atoms with Crippen LogP contribution in [0.4, 0.5) is 0 Å². The monoisotopic (exact) mass is 314 g/mol. The first-order chi connectivity index (χ1) is 10.6. The number of carbonyl (C=O) groups excluding carboxylic acids is 1. The van der Waals surface area contributed by atoms with Crippen molar-refractivity contribution in [1.29, 1.82) is 0 Å². The van der Waals surface area contributed by atoms with E-state index in [4.69, 9.17) is 0 Å². The van der Waals surface area contributed by atoms with E-state index in [0.29, 0.717) is 6.42 Å². The van der Waals surface area contributed by atoms with Crippen molar-refractivity contribution in [2.45, 2.75) is 38.1 Å². The fourth-order valence-electron chi connectivity index (χ4n) is 2.09. The highest BCUT2D eigenvalue weighted by atomic mass is 32.2. The van der Waals surface area contributed by atoms with Crippen molar-refractivity contribution in [3.63, 3.8) is 0 Å². The first-order valence-corrected chi connectivity index (χ1v) is 8.44. The average molecular weight is 314 g/mol. The number of aromatic nitrogens is 1. The third-order valence-corrected chi connectivity index (χ3v) is 4.63. The molecule has 1 unspecified atom stereocenters. The van der Waals surface area contributed by atoms with Crippen molar-refractivity contribution in [2.75, 3.05) is 5.75 Å². The molecular weight excluding hydrogens is 292 g/mol. The largest absolute Gasteiger partial charge is 0.350 e. The van der Waals surface area contributed by atoms with Gasteiger partial charge in [-0.1, -0.05) is 12.1 Å². The molecule has 0 aliphatic rings. The van der Waals surface area contributed by atoms with Crippen molar-refractivity contribution in [3.8, 4) is 0 Å². The number of aryl methyl sites for hydroxylation is 2. The molecule has 1 aromatic heterocycles. The Bertz CT molecular complexity index is 628. The third kappa shape index (κ3) is 4.88. The summed E-state index contributed by atoms with van der Waals surface area (Å²) in [6, 6.07) is 10.3. The smallest absolute Gasteiger partial charge is 0.221 e. The topological polar surface area (TPSA) is 42.0 Å². The van der Waals surface area contributed by atoms with Crippen molar-refractivity contribution >= 4 is 17.7 Å². The maximum absolute atomic E-state index is 12.0. The van der Waals surface area contributed by atoms with Crippen LogP contribution in [0.2, 0.25) is 0 Å². The summed E-state index contributed by atoms with van der Waals surface area (Å²) in [6.07, 6.45) is 4.04. The van der Waals surface area contributed by atoms with E-state index < -0.39 is 0 Å². The number of thioether (sulfide) groups is 1. The Morgan fingerprint density at radius 2 is 2.09 bits per heavy atom. The number of pyridine rings is 1. The van der Waals surface area contributed by atoms with Gasteiger partial charge in [0, 0.05) is 29.5 Å². The lowest BCUT2D eigenvalue weighted by Gasteiger charge is -2.13. The molecule has 2 rings (SSSR count). The molecule has 2 aromatic rings. The summed E-state index contributed by atoms with van der Waals surface area (Å²) in [4.78, 5) is 17.3. The standard InChI is InChI=1S/C18H22N2OS/c1-13-6-7-17(11-14(13)2)22-10-8-18(21)20-15(3)16-5-4-9-19-12-16/h4-7,9,11-12,15H,8,10H2,1-3H3,(H,20,21). The van der Waals surface area contributed by atoms with Gasteiger partial charge >= 0.3 is 0 Å². The molecule has 1 aromatic carbocycles. The zero-order valence-corrected chi connectivity index (χ0v) is 14.1. The Morgan fingerprint density at radius 1 is 1.27 bits per heavy atom. The summed E-state index contributed by atoms with van der Waals surface area (Å²) < 4.78 is 0. The predicted molar refractivity (Wildman–Crippen MR) is 92.1 cm³/mol. The minimum Gasteiger partial charge on any atom is -0.350 e. The highest BCUT2D eigenvalue weighted by Crippen LogP contribution is 2.21. The second-order valence-corrected chi connectivity index (χ2v) is 6.59. The molecule has 4 heteroatoms. The summed E-state index contributed by atoms with van der Waals surface area (Å²) >= 11 is 1.72. The molecule has 3 nitrogen and oxygen atoms in total. The number of hydrogen-bond acceptors (Lipinski definition) is 3. The number of rotatable bonds is 6. The van der Waals surface area contributed by atoms with Crippen molar-refractivity contribution in [2.24, 2.45) is 0 Å². The van der Waals surface area contributed by atoms with Crippen LogP contribution in [0.1, 0.15) is 36.1 Å². The number of carbonyl (C=O) groups is 1. The van der Waals surface area contributed by atoms with Crippen LogP contribution < -0.4 is 5.32 Å². The van der Waals surface area contributed by atoms with Gasteiger partial charge in [0.15, 0.2) is 0 Å². The Labute approximate surface area is 136 Å². The van der Waals surface area contributed by atoms with Crippen molar-refractivity contribution in [1.82, 2.24) is 10.3 Å². The molecule has 0 saturated heterocycles. The molecule has 0 spiro atoms. The molecule has 0 fully saturated rings. The normalized spacial score (nSPS) is 12.0. The summed E-state index contributed by atoms with van der Waals surface area (Å²) in [7, 11) is 0. The summed E-state index contributed by atoms with van der Waals surface area (Å²) in [5.74, 6) is 0.862. The lowest BCUT2D eigenvalue weighted by Crippen LogP contribution is -2.26. The first-order valence-electron chi connectivity index (χ1n) is 7.45. The molecule has 0 radical (unpaired) electrons. The molecule has 22 heavy (non-hydrogen) atoms. The van der Waals surface area contributed by atoms with E-state index in [1.807, 2.05) is 19.1 Å². The molecule has 0 saturated carbocycles. The van der Waals surface area contributed by atoms with Crippen LogP contribution in [0.5, 0.6) is 0 Å². The average Bonchev–Trinajstić information content (AvgIpc) is 2.51. The van der Waals surface area contributed by atoms with E-state index in [2.05, 4.69) is 42.3 Å². The van der Waals surface area contributed by atoms with E-state index in [9.17, 15) is 4.79 Å². The predicted octanol–water partition coefficient (Wildman–Crippen LogP) is 4.06. The summed E-state index contributed by atoms with van der Waals surface area (Å²) in [5, 5.41) is 3.01. The van der Waals surface area contributed by atoms with Gasteiger partial charge in [-0.25, -0.2) is 0 Å². The van der Waals surface area contributed by atoms with Gasteiger partial charge in [-0.3, -0.25) is 9.78 Å². The molecule has 0 bridgehead atoms. The van der Waals surface area contributed by atoms with Gasteiger partial charge in [-0.2, -0.15) is 0 Å². The van der Waals surface area contributed by atoms with Gasteiger partial charge in [-0.15, -0.1) is 11.8 Å². The second-order valence-electron chi connectivity index (χ2n) is 5.42. The molecule has 1 heterocycles. The second kappa shape index (κ2) is 7.99. The Kier molecular flexibility index (Phi) is 6.01. The zero-order valence-electron chi connectivity index (χ0n) is 13.3. The summed E-state index contributed by atoms with van der Waals surface area (Å²) in [6.45, 7) is 6.20. The number of nitrogens with one attached hydrogen (secondary N) is 1. The van der Waals surface area contributed by atoms with Crippen LogP contribution >= 0.6 is 11.8 Å². The van der Waals surface area contributed by atoms with Crippen LogP contribution in [0.3, 0.4) is 0 Å². The van der Waals surface area contributed by atoms with Gasteiger partial charge in [0.2, 0.25) is 5.91 Å². The summed E-state index contributed by atoms with van der Waals surface area (Å²) in [5.41, 5.74) is 3.62. The first kappa shape index (κ1) is 16.6. The zero-order chi connectivity index (χ0) is 15.9. The van der Waals surface area contributed by atoms with E-state index in [0.717, 1.165) is 11.3 Å². The fraction of sp³-hybridized carbons (Fsp3) is 0.333. The van der Waals surface area contributed by atoms with E-state index in [1.54, 1.807) is 24.2 Å². The fourth-order valence-corrected chi connectivity index (χ4v) is 3.04. The Balaban J connectivity index is 1.77. The highest BCUT2D eigenvalue weighted by Gasteiger charge is 2.09. The molecule has 0 aliphatic heterocycles. The molecule has 1 amide bonds. The maximum atomic E-state index is 12.0. The SMILES string of the molecule is Cc1ccc(SCCC(=O)NC(C)c2cccnc2)cc1C. The van der Waals surface area contributed by atoms with Crippen LogP contribution in [-0.2, 0) is 4.79 Å². The molecule has 116 valence electrons. The van der Waals surface area contributed by atoms with Crippen LogP contribution in [-0.4, -0.2) is 16.6 Å². The Hall–Kier alpha value is -1.81. The van der Waals surface area contributed by atoms with Gasteiger partial charge in [0.25, 0.3) is 0 Å². The minimum atomic E-state index is -0.00665. The number of hydrogen-bond donors (Lipinski definition) is 1. The van der Waals surface area contributed by atoms with Gasteiger partial charge in [0.1, 0.15) is 0 Å². The minimum absolute atomic E-state index is 0.00665. The van der Waals surface area contributed by atoms with E-state index in [-0.39, 0.29) is 11.9 Å². The van der Waals surface area contributed by atoms with Gasteiger partial charge < -0.3 is 5.32 Å². The van der Waals surface area contributed by atoms with Gasteiger partial charge in [0.05, 0.1) is 6.04 Å². The number of amides is 1. The van der Waals surface area contributed by atoms with Crippen LogP contribution in [0.25, 0.3) is 0 Å². The highest BCUT2D eigenvalue weighted by molar-refractivity contribution is 7.99. The lowest BCUT2D eigenvalue weighted by molar-refractivity contribution is -0.121. The van der Waals surface area contributed by atoms with Crippen molar-refractivity contribution in [3.05, 3.63) is 59.4 Å². The molecule has 1 N–H and O–H groups in total. The molecule has 1 atom stereocenters. The number of nitrogens with zero attached hydrogens (tertiary/aromatic N) is 1. The maximum Gasteiger partial charge on any atom is 0.221 e. The third-order valence-electron chi connectivity index (χ3n) is 3.64. The van der Waals surface area contributed by atoms with E-state index in [1.165, 1.54) is 16.0 Å². The Morgan fingerprint density at radius 3 is 2.77 bits per heavy atom. The number of benzene rings is 1. The van der Waals surface area contributed by atoms with Crippen LogP contribution in [0.15, 0.2) is 47.6 Å². The van der Waals surface area contributed by atoms with Crippen LogP contribution in [0, 0.1) is 13.8 Å². The quantitative estimate of drug-likeness (QED) is 0.818. The van der Waals surface area contributed by atoms with E-state index >= 15 is 0 Å². The molecular formula is C18H22N2OS. The molecule has 0 aliphatic carbocycles. The van der Waals surface area contributed by atoms with Gasteiger partial charge in [-0.05, 0) is 55.7 Å².